The van der Waals surface area contributed by atoms with Gasteiger partial charge in [-0.2, -0.15) is 0 Å². The second-order valence-electron chi connectivity index (χ2n) is 6.66. The Morgan fingerprint density at radius 1 is 1.15 bits per heavy atom. The number of halogens is 2. The van der Waals surface area contributed by atoms with Gasteiger partial charge in [0.15, 0.2) is 11.6 Å². The third-order valence-corrected chi connectivity index (χ3v) is 4.65. The van der Waals surface area contributed by atoms with Crippen molar-refractivity contribution in [1.82, 2.24) is 4.90 Å². The van der Waals surface area contributed by atoms with Crippen LogP contribution >= 0.6 is 0 Å². The van der Waals surface area contributed by atoms with Crippen molar-refractivity contribution in [3.8, 4) is 0 Å². The highest BCUT2D eigenvalue weighted by molar-refractivity contribution is 5.77. The summed E-state index contributed by atoms with van der Waals surface area (Å²) in [6.45, 7) is 1.64. The van der Waals surface area contributed by atoms with Gasteiger partial charge in [0.1, 0.15) is 0 Å². The summed E-state index contributed by atoms with van der Waals surface area (Å²) >= 11 is 0. The van der Waals surface area contributed by atoms with Crippen molar-refractivity contribution in [2.75, 3.05) is 19.8 Å². The van der Waals surface area contributed by atoms with E-state index in [0.717, 1.165) is 51.0 Å². The number of nitrogens with zero attached hydrogens (tertiary/aromatic N) is 1. The summed E-state index contributed by atoms with van der Waals surface area (Å²) in [6.07, 6.45) is 3.81. The zero-order valence-electron chi connectivity index (χ0n) is 14.8. The molecule has 1 aliphatic heterocycles. The fourth-order valence-corrected chi connectivity index (χ4v) is 3.12. The maximum absolute atomic E-state index is 13.4. The maximum Gasteiger partial charge on any atom is 0.305 e. The lowest BCUT2D eigenvalue weighted by Gasteiger charge is -2.24. The summed E-state index contributed by atoms with van der Waals surface area (Å²) in [4.78, 5) is 24.7. The van der Waals surface area contributed by atoms with Crippen LogP contribution in [0, 0.1) is 17.6 Å². The van der Waals surface area contributed by atoms with Crippen LogP contribution in [0.15, 0.2) is 18.2 Å². The first-order valence-electron chi connectivity index (χ1n) is 8.97. The maximum atomic E-state index is 13.4. The van der Waals surface area contributed by atoms with Gasteiger partial charge in [-0.1, -0.05) is 6.07 Å². The zero-order chi connectivity index (χ0) is 18.9. The first-order chi connectivity index (χ1) is 12.5. The molecule has 7 heteroatoms. The van der Waals surface area contributed by atoms with Gasteiger partial charge in [-0.15, -0.1) is 0 Å². The quantitative estimate of drug-likeness (QED) is 0.725. The number of carboxylic acids is 1. The lowest BCUT2D eigenvalue weighted by atomic mass is 9.94. The minimum absolute atomic E-state index is 0.0461. The van der Waals surface area contributed by atoms with Gasteiger partial charge in [-0.3, -0.25) is 9.59 Å². The summed E-state index contributed by atoms with van der Waals surface area (Å²) < 4.78 is 31.7. The molecule has 1 N–H and O–H groups in total. The minimum atomic E-state index is -1.00. The van der Waals surface area contributed by atoms with Crippen molar-refractivity contribution in [1.29, 1.82) is 0 Å². The standard InChI is InChI=1S/C19H25F2NO4/c20-16-5-4-15(12-17(16)21)13-22(9-6-19(24)25)18(23)3-1-2-14-7-10-26-11-8-14/h4-5,12,14H,1-3,6-11,13H2,(H,24,25). The minimum Gasteiger partial charge on any atom is -0.481 e. The van der Waals surface area contributed by atoms with Crippen LogP contribution in [0.4, 0.5) is 8.78 Å². The van der Waals surface area contributed by atoms with E-state index in [2.05, 4.69) is 0 Å². The number of aliphatic carboxylic acids is 1. The van der Waals surface area contributed by atoms with Gasteiger partial charge in [0.2, 0.25) is 5.91 Å². The number of benzene rings is 1. The number of carbonyl (C=O) groups is 2. The van der Waals surface area contributed by atoms with E-state index in [-0.39, 0.29) is 25.4 Å². The van der Waals surface area contributed by atoms with Crippen LogP contribution < -0.4 is 0 Å². The monoisotopic (exact) mass is 369 g/mol. The summed E-state index contributed by atoms with van der Waals surface area (Å²) in [6, 6.07) is 3.45. The molecule has 144 valence electrons. The summed E-state index contributed by atoms with van der Waals surface area (Å²) in [5.74, 6) is -2.53. The van der Waals surface area contributed by atoms with E-state index >= 15 is 0 Å². The first-order valence-corrected chi connectivity index (χ1v) is 8.97. The summed E-state index contributed by atoms with van der Waals surface area (Å²) in [7, 11) is 0. The average molecular weight is 369 g/mol. The molecule has 0 bridgehead atoms. The van der Waals surface area contributed by atoms with E-state index in [4.69, 9.17) is 9.84 Å². The molecule has 1 amide bonds. The molecule has 0 unspecified atom stereocenters. The normalized spacial score (nSPS) is 15.0. The van der Waals surface area contributed by atoms with Gasteiger partial charge in [0.25, 0.3) is 0 Å². The Hall–Kier alpha value is -2.02. The van der Waals surface area contributed by atoms with E-state index in [1.54, 1.807) is 0 Å². The van der Waals surface area contributed by atoms with E-state index in [9.17, 15) is 18.4 Å². The SMILES string of the molecule is O=C(O)CCN(Cc1ccc(F)c(F)c1)C(=O)CCCC1CCOCC1. The molecule has 0 atom stereocenters. The highest BCUT2D eigenvalue weighted by atomic mass is 19.2. The molecule has 26 heavy (non-hydrogen) atoms. The number of hydrogen-bond acceptors (Lipinski definition) is 3. The van der Waals surface area contributed by atoms with Crippen LogP contribution in [0.1, 0.15) is 44.1 Å². The Bertz CT molecular complexity index is 618. The Morgan fingerprint density at radius 3 is 2.54 bits per heavy atom. The van der Waals surface area contributed by atoms with Crippen LogP contribution in [-0.4, -0.2) is 41.6 Å². The molecule has 0 radical (unpaired) electrons. The van der Waals surface area contributed by atoms with Crippen molar-refractivity contribution in [2.45, 2.75) is 45.1 Å². The average Bonchev–Trinajstić information content (AvgIpc) is 2.62. The van der Waals surface area contributed by atoms with Crippen LogP contribution in [0.25, 0.3) is 0 Å². The molecular formula is C19H25F2NO4. The van der Waals surface area contributed by atoms with E-state index < -0.39 is 17.6 Å². The molecule has 2 rings (SSSR count). The van der Waals surface area contributed by atoms with Gasteiger partial charge in [0.05, 0.1) is 6.42 Å². The third kappa shape index (κ3) is 6.71. The number of carbonyl (C=O) groups excluding carboxylic acids is 1. The van der Waals surface area contributed by atoms with Crippen LogP contribution in [-0.2, 0) is 20.9 Å². The van der Waals surface area contributed by atoms with Crippen molar-refractivity contribution >= 4 is 11.9 Å². The van der Waals surface area contributed by atoms with Crippen molar-refractivity contribution < 1.29 is 28.2 Å². The van der Waals surface area contributed by atoms with Crippen LogP contribution in [0.5, 0.6) is 0 Å². The highest BCUT2D eigenvalue weighted by Crippen LogP contribution is 2.21. The van der Waals surface area contributed by atoms with E-state index in [0.29, 0.717) is 17.9 Å². The van der Waals surface area contributed by atoms with E-state index in [1.807, 2.05) is 0 Å². The molecule has 0 aliphatic carbocycles. The van der Waals surface area contributed by atoms with Gasteiger partial charge >= 0.3 is 5.97 Å². The van der Waals surface area contributed by atoms with Gasteiger partial charge in [0, 0.05) is 32.7 Å². The Morgan fingerprint density at radius 2 is 1.88 bits per heavy atom. The van der Waals surface area contributed by atoms with Crippen molar-refractivity contribution in [2.24, 2.45) is 5.92 Å². The van der Waals surface area contributed by atoms with Gasteiger partial charge < -0.3 is 14.7 Å². The highest BCUT2D eigenvalue weighted by Gasteiger charge is 2.18. The van der Waals surface area contributed by atoms with Crippen molar-refractivity contribution in [3.63, 3.8) is 0 Å². The summed E-state index contributed by atoms with van der Waals surface area (Å²) in [5, 5.41) is 8.88. The molecule has 1 fully saturated rings. The number of hydrogen-bond donors (Lipinski definition) is 1. The third-order valence-electron chi connectivity index (χ3n) is 4.65. The van der Waals surface area contributed by atoms with Gasteiger partial charge in [-0.25, -0.2) is 8.78 Å². The molecule has 1 aromatic carbocycles. The predicted octanol–water partition coefficient (Wildman–Crippen LogP) is 3.37. The number of carboxylic acid groups (broad SMARTS) is 1. The molecule has 1 saturated heterocycles. The topological polar surface area (TPSA) is 66.8 Å². The molecule has 5 nitrogen and oxygen atoms in total. The summed E-state index contributed by atoms with van der Waals surface area (Å²) in [5.41, 5.74) is 0.437. The lowest BCUT2D eigenvalue weighted by Crippen LogP contribution is -2.32. The molecule has 0 aromatic heterocycles. The van der Waals surface area contributed by atoms with Crippen molar-refractivity contribution in [3.05, 3.63) is 35.4 Å². The fourth-order valence-electron chi connectivity index (χ4n) is 3.12. The Kier molecular flexibility index (Phi) is 7.97. The molecule has 0 saturated carbocycles. The molecule has 1 aromatic rings. The molecular weight excluding hydrogens is 344 g/mol. The second-order valence-corrected chi connectivity index (χ2v) is 6.66. The largest absolute Gasteiger partial charge is 0.481 e. The van der Waals surface area contributed by atoms with Gasteiger partial charge in [-0.05, 0) is 49.3 Å². The smallest absolute Gasteiger partial charge is 0.305 e. The first kappa shape index (κ1) is 20.3. The number of rotatable bonds is 9. The van der Waals surface area contributed by atoms with Crippen LogP contribution in [0.2, 0.25) is 0 Å². The second kappa shape index (κ2) is 10.2. The zero-order valence-corrected chi connectivity index (χ0v) is 14.8. The number of amides is 1. The number of ether oxygens (including phenoxy) is 1. The fraction of sp³-hybridized carbons (Fsp3) is 0.579. The van der Waals surface area contributed by atoms with Crippen LogP contribution in [0.3, 0.4) is 0 Å². The van der Waals surface area contributed by atoms with E-state index in [1.165, 1.54) is 11.0 Å². The Balaban J connectivity index is 1.90. The molecule has 0 spiro atoms. The lowest BCUT2D eigenvalue weighted by molar-refractivity contribution is -0.138. The molecule has 1 aliphatic rings. The Labute approximate surface area is 151 Å². The molecule has 1 heterocycles. The predicted molar refractivity (Wildman–Crippen MR) is 91.4 cm³/mol.